The minimum absolute atomic E-state index is 0.507. The highest BCUT2D eigenvalue weighted by atomic mass is 32.2. The molecule has 0 aliphatic rings. The van der Waals surface area contributed by atoms with Crippen LogP contribution in [0.15, 0.2) is 0 Å². The van der Waals surface area contributed by atoms with Gasteiger partial charge in [0.05, 0.1) is 0 Å². The molecule has 0 fully saturated rings. The molecule has 1 atom stereocenters. The van der Waals surface area contributed by atoms with Crippen molar-refractivity contribution < 1.29 is 27.3 Å². The second-order valence-corrected chi connectivity index (χ2v) is 3.45. The van der Waals surface area contributed by atoms with Crippen LogP contribution in [0.1, 0.15) is 13.8 Å². The normalized spacial score (nSPS) is 14.6. The van der Waals surface area contributed by atoms with Gasteiger partial charge < -0.3 is 5.11 Å². The van der Waals surface area contributed by atoms with Crippen molar-refractivity contribution in [2.75, 3.05) is 0 Å². The number of aliphatic carboxylic acids is 1. The largest absolute Gasteiger partial charge is 0.479 e. The zero-order valence-electron chi connectivity index (χ0n) is 6.96. The number of hydrogen-bond donors (Lipinski definition) is 1. The highest BCUT2D eigenvalue weighted by Crippen LogP contribution is 2.33. The van der Waals surface area contributed by atoms with Crippen molar-refractivity contribution >= 4 is 18.0 Å². The topological polar surface area (TPSA) is 46.5 Å². The molecule has 0 rings (SSSR count). The predicted octanol–water partition coefficient (Wildman–Crippen LogP) is 2.28. The van der Waals surface area contributed by atoms with Gasteiger partial charge in [-0.2, -0.15) is 13.2 Å². The van der Waals surface area contributed by atoms with Crippen LogP contribution in [0, 0.1) is 5.92 Å². The highest BCUT2D eigenvalue weighted by molar-refractivity contribution is 7.95. The molecule has 0 saturated carbocycles. The number of carboxylic acid groups (broad SMARTS) is 1. The minimum Gasteiger partial charge on any atom is -0.479 e. The van der Waals surface area contributed by atoms with Gasteiger partial charge in [0.15, 0.2) is 6.10 Å². The molecule has 0 aliphatic heterocycles. The molecule has 78 valence electrons. The average molecular weight is 218 g/mol. The van der Waals surface area contributed by atoms with E-state index in [4.69, 9.17) is 5.11 Å². The fraction of sp³-hybridized carbons (Fsp3) is 0.833. The van der Waals surface area contributed by atoms with E-state index in [-0.39, 0.29) is 0 Å². The zero-order chi connectivity index (χ0) is 10.6. The van der Waals surface area contributed by atoms with Gasteiger partial charge in [-0.25, -0.2) is 4.79 Å². The van der Waals surface area contributed by atoms with Gasteiger partial charge >= 0.3 is 11.5 Å². The first kappa shape index (κ1) is 12.6. The Balaban J connectivity index is 4.06. The summed E-state index contributed by atoms with van der Waals surface area (Å²) >= 11 is -0.782. The van der Waals surface area contributed by atoms with Crippen LogP contribution in [0.25, 0.3) is 0 Å². The van der Waals surface area contributed by atoms with E-state index in [1.807, 2.05) is 0 Å². The number of hydrogen-bond acceptors (Lipinski definition) is 3. The molecule has 0 aliphatic carbocycles. The Kier molecular flexibility index (Phi) is 4.55. The molecule has 0 aromatic rings. The second kappa shape index (κ2) is 4.71. The van der Waals surface area contributed by atoms with E-state index in [0.29, 0.717) is 0 Å². The molecule has 7 heteroatoms. The van der Waals surface area contributed by atoms with Gasteiger partial charge in [0.2, 0.25) is 0 Å². The number of carboxylic acids is 1. The monoisotopic (exact) mass is 218 g/mol. The summed E-state index contributed by atoms with van der Waals surface area (Å²) in [5, 5.41) is 8.43. The van der Waals surface area contributed by atoms with Crippen molar-refractivity contribution in [3.8, 4) is 0 Å². The molecule has 3 nitrogen and oxygen atoms in total. The molecule has 0 radical (unpaired) electrons. The first-order chi connectivity index (χ1) is 5.74. The standard InChI is InChI=1S/C6H9F3O3S/c1-3(2)4(5(10)11)12-13-6(7,8)9/h3-4H,1-2H3,(H,10,11). The van der Waals surface area contributed by atoms with Gasteiger partial charge in [-0.1, -0.05) is 13.8 Å². The predicted molar refractivity (Wildman–Crippen MR) is 41.0 cm³/mol. The van der Waals surface area contributed by atoms with Gasteiger partial charge in [-0.05, 0) is 5.92 Å². The van der Waals surface area contributed by atoms with Crippen LogP contribution < -0.4 is 0 Å². The summed E-state index contributed by atoms with van der Waals surface area (Å²) in [7, 11) is 0. The fourth-order valence-electron chi connectivity index (χ4n) is 0.544. The van der Waals surface area contributed by atoms with Gasteiger partial charge in [-0.3, -0.25) is 4.18 Å². The Morgan fingerprint density at radius 1 is 1.46 bits per heavy atom. The maximum atomic E-state index is 11.6. The summed E-state index contributed by atoms with van der Waals surface area (Å²) in [6.07, 6.45) is -1.44. The Bertz CT molecular complexity index is 180. The molecule has 1 unspecified atom stereocenters. The molecule has 0 spiro atoms. The SMILES string of the molecule is CC(C)C(OSC(F)(F)F)C(=O)O. The van der Waals surface area contributed by atoms with Crippen LogP contribution in [0.5, 0.6) is 0 Å². The van der Waals surface area contributed by atoms with Crippen molar-refractivity contribution in [1.82, 2.24) is 0 Å². The van der Waals surface area contributed by atoms with E-state index >= 15 is 0 Å². The summed E-state index contributed by atoms with van der Waals surface area (Å²) < 4.78 is 38.9. The van der Waals surface area contributed by atoms with E-state index in [0.717, 1.165) is 0 Å². The zero-order valence-corrected chi connectivity index (χ0v) is 7.78. The van der Waals surface area contributed by atoms with Crippen LogP contribution in [0.3, 0.4) is 0 Å². The summed E-state index contributed by atoms with van der Waals surface area (Å²) in [5.74, 6) is -1.90. The number of halogens is 3. The third-order valence-corrected chi connectivity index (χ3v) is 1.59. The quantitative estimate of drug-likeness (QED) is 0.735. The first-order valence-corrected chi connectivity index (χ1v) is 4.12. The fourth-order valence-corrected chi connectivity index (χ4v) is 1.06. The lowest BCUT2D eigenvalue weighted by Gasteiger charge is -2.16. The van der Waals surface area contributed by atoms with Crippen LogP contribution in [0.4, 0.5) is 13.2 Å². The van der Waals surface area contributed by atoms with Crippen LogP contribution >= 0.6 is 12.0 Å². The lowest BCUT2D eigenvalue weighted by atomic mass is 10.1. The van der Waals surface area contributed by atoms with Crippen molar-refractivity contribution in [2.24, 2.45) is 5.92 Å². The van der Waals surface area contributed by atoms with E-state index in [1.54, 1.807) is 0 Å². The van der Waals surface area contributed by atoms with E-state index in [1.165, 1.54) is 13.8 Å². The van der Waals surface area contributed by atoms with Gasteiger partial charge in [-0.15, -0.1) is 0 Å². The molecule has 0 aromatic carbocycles. The average Bonchev–Trinajstić information content (AvgIpc) is 1.82. The van der Waals surface area contributed by atoms with Crippen LogP contribution in [0.2, 0.25) is 0 Å². The molecule has 0 bridgehead atoms. The molecule has 0 saturated heterocycles. The van der Waals surface area contributed by atoms with Crippen molar-refractivity contribution in [3.05, 3.63) is 0 Å². The van der Waals surface area contributed by atoms with Gasteiger partial charge in [0.25, 0.3) is 0 Å². The number of alkyl halides is 3. The second-order valence-electron chi connectivity index (χ2n) is 2.63. The maximum Gasteiger partial charge on any atom is 0.468 e. The summed E-state index contributed by atoms with van der Waals surface area (Å²) in [5.41, 5.74) is -4.57. The molecule has 13 heavy (non-hydrogen) atoms. The van der Waals surface area contributed by atoms with E-state index in [9.17, 15) is 18.0 Å². The van der Waals surface area contributed by atoms with Gasteiger partial charge in [0.1, 0.15) is 12.0 Å². The Labute approximate surface area is 77.5 Å². The lowest BCUT2D eigenvalue weighted by Crippen LogP contribution is -2.28. The Morgan fingerprint density at radius 2 is 1.92 bits per heavy atom. The van der Waals surface area contributed by atoms with Gasteiger partial charge in [0, 0.05) is 0 Å². The third-order valence-electron chi connectivity index (χ3n) is 1.10. The lowest BCUT2D eigenvalue weighted by molar-refractivity contribution is -0.146. The molecular weight excluding hydrogens is 209 g/mol. The highest BCUT2D eigenvalue weighted by Gasteiger charge is 2.34. The number of rotatable bonds is 4. The summed E-state index contributed by atoms with van der Waals surface area (Å²) in [6.45, 7) is 2.94. The number of carbonyl (C=O) groups is 1. The minimum atomic E-state index is -4.57. The third kappa shape index (κ3) is 5.75. The van der Waals surface area contributed by atoms with Crippen molar-refractivity contribution in [1.29, 1.82) is 0 Å². The summed E-state index contributed by atoms with van der Waals surface area (Å²) in [6, 6.07) is 0. The molecule has 0 amide bonds. The van der Waals surface area contributed by atoms with Crippen molar-refractivity contribution in [2.45, 2.75) is 25.5 Å². The smallest absolute Gasteiger partial charge is 0.468 e. The molecule has 0 aromatic heterocycles. The summed E-state index contributed by atoms with van der Waals surface area (Å²) in [4.78, 5) is 10.4. The molecule has 1 N–H and O–H groups in total. The molecular formula is C6H9F3O3S. The first-order valence-electron chi connectivity index (χ1n) is 3.38. The van der Waals surface area contributed by atoms with Crippen LogP contribution in [-0.2, 0) is 8.98 Å². The van der Waals surface area contributed by atoms with E-state index < -0.39 is 35.5 Å². The van der Waals surface area contributed by atoms with Crippen LogP contribution in [-0.4, -0.2) is 22.7 Å². The maximum absolute atomic E-state index is 11.6. The Hall–Kier alpha value is -0.430. The molecule has 0 heterocycles. The van der Waals surface area contributed by atoms with Crippen molar-refractivity contribution in [3.63, 3.8) is 0 Å². The van der Waals surface area contributed by atoms with E-state index in [2.05, 4.69) is 4.18 Å². The Morgan fingerprint density at radius 3 is 2.15 bits per heavy atom.